The van der Waals surface area contributed by atoms with E-state index in [1.165, 1.54) is 0 Å². The fourth-order valence-corrected chi connectivity index (χ4v) is 2.90. The van der Waals surface area contributed by atoms with Crippen LogP contribution in [0.15, 0.2) is 48.9 Å². The predicted molar refractivity (Wildman–Crippen MR) is 84.0 cm³/mol. The second-order valence-corrected chi connectivity index (χ2v) is 5.51. The summed E-state index contributed by atoms with van der Waals surface area (Å²) in [6.45, 7) is 1.71. The van der Waals surface area contributed by atoms with E-state index in [2.05, 4.69) is 9.97 Å². The van der Waals surface area contributed by atoms with E-state index in [9.17, 15) is 4.79 Å². The van der Waals surface area contributed by atoms with Gasteiger partial charge in [-0.25, -0.2) is 9.97 Å². The van der Waals surface area contributed by atoms with E-state index in [4.69, 9.17) is 0 Å². The van der Waals surface area contributed by atoms with Crippen molar-refractivity contribution in [2.75, 3.05) is 13.1 Å². The first-order chi connectivity index (χ1) is 10.8. The quantitative estimate of drug-likeness (QED) is 0.729. The van der Waals surface area contributed by atoms with Gasteiger partial charge in [-0.3, -0.25) is 9.36 Å². The summed E-state index contributed by atoms with van der Waals surface area (Å²) in [5.74, 6) is 0.846. The van der Waals surface area contributed by atoms with Gasteiger partial charge in [-0.2, -0.15) is 0 Å². The molecule has 0 N–H and O–H groups in total. The molecule has 0 saturated carbocycles. The number of hydrogen-bond donors (Lipinski definition) is 0. The van der Waals surface area contributed by atoms with Crippen molar-refractivity contribution in [2.24, 2.45) is 0 Å². The second-order valence-electron chi connectivity index (χ2n) is 5.51. The number of rotatable bonds is 2. The number of nitrogens with zero attached hydrogens (tertiary/aromatic N) is 4. The minimum absolute atomic E-state index is 0.0760. The Balaban J connectivity index is 1.65. The molecule has 0 unspecified atom stereocenters. The highest BCUT2D eigenvalue weighted by Gasteiger charge is 2.19. The van der Waals surface area contributed by atoms with Gasteiger partial charge in [0.05, 0.1) is 16.6 Å². The van der Waals surface area contributed by atoms with Crippen molar-refractivity contribution in [3.8, 4) is 5.82 Å². The third kappa shape index (κ3) is 2.15. The Kier molecular flexibility index (Phi) is 3.11. The standard InChI is InChI=1S/C17H16N4O/c22-17(20-9-3-4-10-20)13-7-8-16(18-11-13)21-12-19-14-5-1-2-6-15(14)21/h1-2,5-8,11-12H,3-4,9-10H2. The molecule has 1 saturated heterocycles. The summed E-state index contributed by atoms with van der Waals surface area (Å²) in [6, 6.07) is 11.6. The van der Waals surface area contributed by atoms with Gasteiger partial charge >= 0.3 is 0 Å². The van der Waals surface area contributed by atoms with Gasteiger partial charge in [0.25, 0.3) is 5.91 Å². The molecule has 1 amide bonds. The maximum Gasteiger partial charge on any atom is 0.255 e. The molecule has 0 bridgehead atoms. The van der Waals surface area contributed by atoms with Gasteiger partial charge in [-0.05, 0) is 37.1 Å². The summed E-state index contributed by atoms with van der Waals surface area (Å²) in [4.78, 5) is 23.0. The van der Waals surface area contributed by atoms with Crippen LogP contribution < -0.4 is 0 Å². The van der Waals surface area contributed by atoms with Crippen LogP contribution in [0, 0.1) is 0 Å². The largest absolute Gasteiger partial charge is 0.339 e. The molecule has 0 radical (unpaired) electrons. The Labute approximate surface area is 128 Å². The highest BCUT2D eigenvalue weighted by atomic mass is 16.2. The Morgan fingerprint density at radius 1 is 1.00 bits per heavy atom. The van der Waals surface area contributed by atoms with Crippen LogP contribution in [0.3, 0.4) is 0 Å². The molecular formula is C17H16N4O. The lowest BCUT2D eigenvalue weighted by Crippen LogP contribution is -2.27. The molecule has 5 nitrogen and oxygen atoms in total. The van der Waals surface area contributed by atoms with Crippen LogP contribution in [-0.4, -0.2) is 38.4 Å². The Bertz CT molecular complexity index is 816. The second kappa shape index (κ2) is 5.26. The summed E-state index contributed by atoms with van der Waals surface area (Å²) in [5, 5.41) is 0. The fraction of sp³-hybridized carbons (Fsp3) is 0.235. The number of imidazole rings is 1. The topological polar surface area (TPSA) is 51.0 Å². The highest BCUT2D eigenvalue weighted by Crippen LogP contribution is 2.17. The smallest absolute Gasteiger partial charge is 0.255 e. The first-order valence-corrected chi connectivity index (χ1v) is 7.51. The van der Waals surface area contributed by atoms with E-state index in [-0.39, 0.29) is 5.91 Å². The zero-order valence-corrected chi connectivity index (χ0v) is 12.1. The van der Waals surface area contributed by atoms with Crippen molar-refractivity contribution >= 4 is 16.9 Å². The van der Waals surface area contributed by atoms with E-state index >= 15 is 0 Å². The van der Waals surface area contributed by atoms with Crippen LogP contribution in [0.5, 0.6) is 0 Å². The van der Waals surface area contributed by atoms with Crippen molar-refractivity contribution in [2.45, 2.75) is 12.8 Å². The summed E-state index contributed by atoms with van der Waals surface area (Å²) in [6.07, 6.45) is 5.61. The van der Waals surface area contributed by atoms with Gasteiger partial charge in [-0.15, -0.1) is 0 Å². The summed E-state index contributed by atoms with van der Waals surface area (Å²) < 4.78 is 1.93. The minimum Gasteiger partial charge on any atom is -0.339 e. The molecule has 1 aromatic carbocycles. The Hall–Kier alpha value is -2.69. The molecule has 22 heavy (non-hydrogen) atoms. The van der Waals surface area contributed by atoms with Gasteiger partial charge in [0.1, 0.15) is 12.1 Å². The molecule has 0 spiro atoms. The van der Waals surface area contributed by atoms with Crippen molar-refractivity contribution in [3.05, 3.63) is 54.5 Å². The molecule has 110 valence electrons. The lowest BCUT2D eigenvalue weighted by Gasteiger charge is -2.15. The molecule has 4 rings (SSSR count). The lowest BCUT2D eigenvalue weighted by molar-refractivity contribution is 0.0792. The minimum atomic E-state index is 0.0760. The van der Waals surface area contributed by atoms with Gasteiger partial charge in [0.2, 0.25) is 0 Å². The van der Waals surface area contributed by atoms with E-state index < -0.39 is 0 Å². The molecule has 5 heteroatoms. The number of hydrogen-bond acceptors (Lipinski definition) is 3. The van der Waals surface area contributed by atoms with Crippen molar-refractivity contribution in [1.29, 1.82) is 0 Å². The summed E-state index contributed by atoms with van der Waals surface area (Å²) in [7, 11) is 0. The molecule has 0 atom stereocenters. The maximum absolute atomic E-state index is 12.3. The van der Waals surface area contributed by atoms with Crippen LogP contribution in [0.4, 0.5) is 0 Å². The van der Waals surface area contributed by atoms with Gasteiger partial charge in [-0.1, -0.05) is 12.1 Å². The molecule has 3 aromatic rings. The monoisotopic (exact) mass is 292 g/mol. The van der Waals surface area contributed by atoms with Crippen LogP contribution in [0.1, 0.15) is 23.2 Å². The number of para-hydroxylation sites is 2. The molecule has 0 aliphatic carbocycles. The lowest BCUT2D eigenvalue weighted by atomic mass is 10.2. The van der Waals surface area contributed by atoms with E-state index in [0.717, 1.165) is 42.8 Å². The first kappa shape index (κ1) is 13.0. The van der Waals surface area contributed by atoms with Gasteiger partial charge < -0.3 is 4.90 Å². The Morgan fingerprint density at radius 2 is 1.82 bits per heavy atom. The van der Waals surface area contributed by atoms with Crippen LogP contribution >= 0.6 is 0 Å². The number of amides is 1. The normalized spacial score (nSPS) is 14.6. The Morgan fingerprint density at radius 3 is 2.59 bits per heavy atom. The zero-order valence-electron chi connectivity index (χ0n) is 12.1. The molecule has 2 aromatic heterocycles. The van der Waals surface area contributed by atoms with E-state index in [1.54, 1.807) is 12.5 Å². The van der Waals surface area contributed by atoms with Crippen LogP contribution in [0.25, 0.3) is 16.9 Å². The SMILES string of the molecule is O=C(c1ccc(-n2cnc3ccccc32)nc1)N1CCCC1. The third-order valence-corrected chi connectivity index (χ3v) is 4.09. The molecule has 1 fully saturated rings. The van der Waals surface area contributed by atoms with Crippen LogP contribution in [0.2, 0.25) is 0 Å². The molecular weight excluding hydrogens is 276 g/mol. The number of likely N-dealkylation sites (tertiary alicyclic amines) is 1. The predicted octanol–water partition coefficient (Wildman–Crippen LogP) is 2.66. The summed E-state index contributed by atoms with van der Waals surface area (Å²) >= 11 is 0. The number of benzene rings is 1. The van der Waals surface area contributed by atoms with Crippen molar-refractivity contribution in [3.63, 3.8) is 0 Å². The number of aromatic nitrogens is 3. The van der Waals surface area contributed by atoms with Crippen molar-refractivity contribution < 1.29 is 4.79 Å². The fourth-order valence-electron chi connectivity index (χ4n) is 2.90. The first-order valence-electron chi connectivity index (χ1n) is 7.51. The van der Waals surface area contributed by atoms with E-state index in [1.807, 2.05) is 45.9 Å². The average molecular weight is 292 g/mol. The number of pyridine rings is 1. The highest BCUT2D eigenvalue weighted by molar-refractivity contribution is 5.94. The number of carbonyl (C=O) groups excluding carboxylic acids is 1. The summed E-state index contributed by atoms with van der Waals surface area (Å²) in [5.41, 5.74) is 2.59. The van der Waals surface area contributed by atoms with E-state index in [0.29, 0.717) is 5.56 Å². The number of fused-ring (bicyclic) bond motifs is 1. The number of carbonyl (C=O) groups is 1. The van der Waals surface area contributed by atoms with Gasteiger partial charge in [0.15, 0.2) is 0 Å². The zero-order chi connectivity index (χ0) is 14.9. The third-order valence-electron chi connectivity index (χ3n) is 4.09. The van der Waals surface area contributed by atoms with Crippen molar-refractivity contribution in [1.82, 2.24) is 19.4 Å². The van der Waals surface area contributed by atoms with Gasteiger partial charge in [0, 0.05) is 19.3 Å². The van der Waals surface area contributed by atoms with Crippen LogP contribution in [-0.2, 0) is 0 Å². The molecule has 1 aliphatic heterocycles. The molecule has 1 aliphatic rings. The maximum atomic E-state index is 12.3. The molecule has 3 heterocycles. The average Bonchev–Trinajstić information content (AvgIpc) is 3.24.